The van der Waals surface area contributed by atoms with Crippen molar-refractivity contribution in [3.8, 4) is 11.1 Å². The number of nitrogens with one attached hydrogen (secondary N) is 1. The number of carboxylic acids is 1. The number of thioether (sulfide) groups is 1. The summed E-state index contributed by atoms with van der Waals surface area (Å²) < 4.78 is 13.0. The molecule has 2 aromatic rings. The van der Waals surface area contributed by atoms with Gasteiger partial charge in [-0.3, -0.25) is 19.2 Å². The van der Waals surface area contributed by atoms with Crippen LogP contribution in [0.25, 0.3) is 11.1 Å². The second kappa shape index (κ2) is 7.09. The largest absolute Gasteiger partial charge is 0.480 e. The van der Waals surface area contributed by atoms with Gasteiger partial charge in [0.2, 0.25) is 11.0 Å². The SMILES string of the molecule is O=C(O)CNC(=O)C1C(=O)Sc2cc(-c3ccc(F)cc3)ccc2C1=O. The number of aliphatic carboxylic acids is 1. The quantitative estimate of drug-likeness (QED) is 0.797. The highest BCUT2D eigenvalue weighted by Gasteiger charge is 2.40. The monoisotopic (exact) mass is 373 g/mol. The van der Waals surface area contributed by atoms with Gasteiger partial charge in [0.05, 0.1) is 0 Å². The molecule has 1 heterocycles. The van der Waals surface area contributed by atoms with Crippen molar-refractivity contribution in [3.63, 3.8) is 0 Å². The van der Waals surface area contributed by atoms with Gasteiger partial charge >= 0.3 is 5.97 Å². The first-order valence-corrected chi connectivity index (χ1v) is 8.34. The van der Waals surface area contributed by atoms with Gasteiger partial charge in [0, 0.05) is 10.5 Å². The summed E-state index contributed by atoms with van der Waals surface area (Å²) >= 11 is 0.756. The molecule has 0 saturated heterocycles. The zero-order chi connectivity index (χ0) is 18.8. The lowest BCUT2D eigenvalue weighted by Crippen LogP contribution is -2.42. The van der Waals surface area contributed by atoms with Gasteiger partial charge in [0.1, 0.15) is 12.4 Å². The van der Waals surface area contributed by atoms with Crippen molar-refractivity contribution >= 4 is 34.5 Å². The summed E-state index contributed by atoms with van der Waals surface area (Å²) in [6.07, 6.45) is 0. The van der Waals surface area contributed by atoms with Gasteiger partial charge in [-0.1, -0.05) is 18.2 Å². The van der Waals surface area contributed by atoms with E-state index in [0.29, 0.717) is 10.5 Å². The molecule has 0 saturated carbocycles. The van der Waals surface area contributed by atoms with E-state index in [1.54, 1.807) is 24.3 Å². The highest BCUT2D eigenvalue weighted by Crippen LogP contribution is 2.37. The van der Waals surface area contributed by atoms with Crippen molar-refractivity contribution in [1.82, 2.24) is 5.32 Å². The number of rotatable bonds is 4. The van der Waals surface area contributed by atoms with Crippen LogP contribution in [0.15, 0.2) is 47.4 Å². The smallest absolute Gasteiger partial charge is 0.322 e. The Balaban J connectivity index is 1.89. The number of carbonyl (C=O) groups excluding carboxylic acids is 3. The molecule has 1 atom stereocenters. The Bertz CT molecular complexity index is 926. The number of carbonyl (C=O) groups is 4. The summed E-state index contributed by atoms with van der Waals surface area (Å²) in [6.45, 7) is -0.670. The van der Waals surface area contributed by atoms with Crippen molar-refractivity contribution < 1.29 is 28.7 Å². The van der Waals surface area contributed by atoms with Crippen molar-refractivity contribution in [2.45, 2.75) is 4.90 Å². The highest BCUT2D eigenvalue weighted by atomic mass is 32.2. The van der Waals surface area contributed by atoms with E-state index in [2.05, 4.69) is 5.32 Å². The van der Waals surface area contributed by atoms with Crippen LogP contribution in [-0.2, 0) is 14.4 Å². The summed E-state index contributed by atoms with van der Waals surface area (Å²) in [5.41, 5.74) is 1.64. The van der Waals surface area contributed by atoms with Crippen LogP contribution in [0.2, 0.25) is 0 Å². The average molecular weight is 373 g/mol. The first-order valence-electron chi connectivity index (χ1n) is 7.52. The minimum absolute atomic E-state index is 0.218. The number of carboxylic acid groups (broad SMARTS) is 1. The van der Waals surface area contributed by atoms with E-state index in [4.69, 9.17) is 5.11 Å². The van der Waals surface area contributed by atoms with E-state index in [9.17, 15) is 23.6 Å². The highest BCUT2D eigenvalue weighted by molar-refractivity contribution is 8.14. The molecule has 0 aromatic heterocycles. The number of fused-ring (bicyclic) bond motifs is 1. The fourth-order valence-corrected chi connectivity index (χ4v) is 3.57. The topological polar surface area (TPSA) is 101 Å². The third-order valence-electron chi connectivity index (χ3n) is 3.81. The molecule has 0 bridgehead atoms. The van der Waals surface area contributed by atoms with E-state index >= 15 is 0 Å². The molecule has 8 heteroatoms. The lowest BCUT2D eigenvalue weighted by molar-refractivity contribution is -0.139. The number of halogens is 1. The van der Waals surface area contributed by atoms with Crippen LogP contribution in [0.4, 0.5) is 4.39 Å². The number of amides is 1. The number of ketones is 1. The number of hydrogen-bond donors (Lipinski definition) is 2. The summed E-state index contributed by atoms with van der Waals surface area (Å²) in [4.78, 5) is 47.7. The normalized spacial score (nSPS) is 16.1. The first-order chi connectivity index (χ1) is 12.4. The number of hydrogen-bond acceptors (Lipinski definition) is 5. The van der Waals surface area contributed by atoms with Crippen molar-refractivity contribution in [3.05, 3.63) is 53.8 Å². The molecule has 0 aliphatic carbocycles. The Kier molecular flexibility index (Phi) is 4.85. The summed E-state index contributed by atoms with van der Waals surface area (Å²) in [7, 11) is 0. The Morgan fingerprint density at radius 2 is 1.73 bits per heavy atom. The molecule has 1 aliphatic heterocycles. The van der Waals surface area contributed by atoms with Gasteiger partial charge in [-0.25, -0.2) is 4.39 Å². The summed E-state index contributed by atoms with van der Waals surface area (Å²) in [5, 5.41) is 9.98. The lowest BCUT2D eigenvalue weighted by Gasteiger charge is -2.21. The van der Waals surface area contributed by atoms with Crippen molar-refractivity contribution in [1.29, 1.82) is 0 Å². The van der Waals surface area contributed by atoms with Gasteiger partial charge in [-0.2, -0.15) is 0 Å². The minimum atomic E-state index is -1.57. The lowest BCUT2D eigenvalue weighted by atomic mass is 9.95. The maximum absolute atomic E-state index is 13.0. The van der Waals surface area contributed by atoms with Gasteiger partial charge in [0.15, 0.2) is 11.7 Å². The molecule has 1 aliphatic rings. The molecular formula is C18H12FNO5S. The van der Waals surface area contributed by atoms with Crippen LogP contribution in [-0.4, -0.2) is 34.4 Å². The van der Waals surface area contributed by atoms with Gasteiger partial charge in [0.25, 0.3) is 0 Å². The van der Waals surface area contributed by atoms with E-state index in [-0.39, 0.29) is 11.4 Å². The predicted octanol–water partition coefficient (Wildman–Crippen LogP) is 2.12. The molecule has 1 unspecified atom stereocenters. The molecule has 0 spiro atoms. The minimum Gasteiger partial charge on any atom is -0.480 e. The van der Waals surface area contributed by atoms with Crippen LogP contribution in [0, 0.1) is 11.7 Å². The third kappa shape index (κ3) is 3.50. The molecule has 2 aromatic carbocycles. The standard InChI is InChI=1S/C18H12FNO5S/c19-11-4-1-9(2-5-11)10-3-6-12-13(7-10)26-18(25)15(16(12)23)17(24)20-8-14(21)22/h1-7,15H,8H2,(H,20,24)(H,21,22). The fourth-order valence-electron chi connectivity index (χ4n) is 2.55. The van der Waals surface area contributed by atoms with Crippen LogP contribution in [0.1, 0.15) is 10.4 Å². The molecule has 132 valence electrons. The van der Waals surface area contributed by atoms with Crippen LogP contribution in [0.5, 0.6) is 0 Å². The maximum atomic E-state index is 13.0. The van der Waals surface area contributed by atoms with Gasteiger partial charge < -0.3 is 10.4 Å². The zero-order valence-electron chi connectivity index (χ0n) is 13.2. The van der Waals surface area contributed by atoms with Gasteiger partial charge in [-0.15, -0.1) is 0 Å². The molecular weight excluding hydrogens is 361 g/mol. The predicted molar refractivity (Wildman–Crippen MR) is 91.2 cm³/mol. The van der Waals surface area contributed by atoms with Crippen LogP contribution >= 0.6 is 11.8 Å². The third-order valence-corrected chi connectivity index (χ3v) is 4.80. The Morgan fingerprint density at radius 1 is 1.08 bits per heavy atom. The molecule has 2 N–H and O–H groups in total. The Labute approximate surface area is 151 Å². The van der Waals surface area contributed by atoms with Crippen molar-refractivity contribution in [2.24, 2.45) is 5.92 Å². The maximum Gasteiger partial charge on any atom is 0.322 e. The average Bonchev–Trinajstić information content (AvgIpc) is 2.60. The second-order valence-electron chi connectivity index (χ2n) is 5.55. The Hall–Kier alpha value is -3.00. The number of Topliss-reactive ketones (excluding diaryl/α,β-unsaturated/α-hetero) is 1. The molecule has 0 fully saturated rings. The molecule has 3 rings (SSSR count). The van der Waals surface area contributed by atoms with Gasteiger partial charge in [-0.05, 0) is 47.2 Å². The fraction of sp³-hybridized carbons (Fsp3) is 0.111. The molecule has 1 amide bonds. The summed E-state index contributed by atoms with van der Waals surface area (Å²) in [5.74, 6) is -4.81. The summed E-state index contributed by atoms with van der Waals surface area (Å²) in [6, 6.07) is 10.6. The van der Waals surface area contributed by atoms with E-state index in [0.717, 1.165) is 17.3 Å². The molecule has 0 radical (unpaired) electrons. The molecule has 6 nitrogen and oxygen atoms in total. The van der Waals surface area contributed by atoms with E-state index in [1.807, 2.05) is 0 Å². The van der Waals surface area contributed by atoms with E-state index in [1.165, 1.54) is 18.2 Å². The molecule has 26 heavy (non-hydrogen) atoms. The van der Waals surface area contributed by atoms with Crippen LogP contribution < -0.4 is 5.32 Å². The zero-order valence-corrected chi connectivity index (χ0v) is 14.0. The second-order valence-corrected chi connectivity index (χ2v) is 6.59. The van der Waals surface area contributed by atoms with E-state index < -0.39 is 35.2 Å². The first kappa shape index (κ1) is 17.8. The van der Waals surface area contributed by atoms with Crippen LogP contribution in [0.3, 0.4) is 0 Å². The van der Waals surface area contributed by atoms with Crippen molar-refractivity contribution in [2.75, 3.05) is 6.54 Å². The number of benzene rings is 2. The Morgan fingerprint density at radius 3 is 2.38 bits per heavy atom.